The summed E-state index contributed by atoms with van der Waals surface area (Å²) in [5.41, 5.74) is -2.59. The Morgan fingerprint density at radius 1 is 1.18 bits per heavy atom. The van der Waals surface area contributed by atoms with E-state index in [9.17, 15) is 35.6 Å². The molecule has 2 aromatic rings. The summed E-state index contributed by atoms with van der Waals surface area (Å²) in [6.45, 7) is 1.66. The summed E-state index contributed by atoms with van der Waals surface area (Å²) >= 11 is 0. The molecule has 0 spiro atoms. The number of carbonyl (C=O) groups is 2. The summed E-state index contributed by atoms with van der Waals surface area (Å²) in [5, 5.41) is 9.04. The lowest BCUT2D eigenvalue weighted by atomic mass is 10.0. The van der Waals surface area contributed by atoms with Gasteiger partial charge in [-0.05, 0) is 49.6 Å². The molecule has 0 saturated heterocycles. The normalized spacial score (nSPS) is 17.0. The molecule has 2 aromatic carbocycles. The SMILES string of the molecule is CCC(C)(OC(=O)Cc1ccc2c(c1)N(S(=O)(=O)c1ccc(F)c(OC)c1)C[C@H](CCC(=O)O)O2)C(F)(F)F. The quantitative estimate of drug-likeness (QED) is 0.325. The van der Waals surface area contributed by atoms with Crippen molar-refractivity contribution in [3.8, 4) is 11.5 Å². The van der Waals surface area contributed by atoms with Crippen LogP contribution >= 0.6 is 0 Å². The average Bonchev–Trinajstić information content (AvgIpc) is 2.86. The minimum absolute atomic E-state index is 0.0331. The van der Waals surface area contributed by atoms with Crippen molar-refractivity contribution >= 4 is 27.6 Å². The van der Waals surface area contributed by atoms with Gasteiger partial charge in [0.1, 0.15) is 11.9 Å². The molecule has 0 fully saturated rings. The second-order valence-electron chi connectivity index (χ2n) is 9.04. The fourth-order valence-corrected chi connectivity index (χ4v) is 5.36. The van der Waals surface area contributed by atoms with Crippen molar-refractivity contribution in [1.29, 1.82) is 0 Å². The molecule has 1 unspecified atom stereocenters. The summed E-state index contributed by atoms with van der Waals surface area (Å²) < 4.78 is 97.7. The number of alkyl halides is 3. The van der Waals surface area contributed by atoms with Gasteiger partial charge in [0.15, 0.2) is 11.6 Å². The number of methoxy groups -OCH3 is 1. The van der Waals surface area contributed by atoms with Crippen LogP contribution in [-0.2, 0) is 30.8 Å². The molecule has 0 amide bonds. The van der Waals surface area contributed by atoms with Crippen LogP contribution in [0.3, 0.4) is 0 Å². The summed E-state index contributed by atoms with van der Waals surface area (Å²) in [7, 11) is -3.24. The van der Waals surface area contributed by atoms with Crippen molar-refractivity contribution in [1.82, 2.24) is 0 Å². The predicted octanol–water partition coefficient (Wildman–Crippen LogP) is 4.47. The molecule has 9 nitrogen and oxygen atoms in total. The van der Waals surface area contributed by atoms with Gasteiger partial charge in [0.05, 0.1) is 30.7 Å². The first kappa shape index (κ1) is 30.0. The Kier molecular flexibility index (Phi) is 8.68. The van der Waals surface area contributed by atoms with Gasteiger partial charge in [-0.25, -0.2) is 12.8 Å². The highest BCUT2D eigenvalue weighted by Gasteiger charge is 2.53. The summed E-state index contributed by atoms with van der Waals surface area (Å²) in [6, 6.07) is 6.88. The number of rotatable bonds is 10. The minimum atomic E-state index is -4.80. The van der Waals surface area contributed by atoms with Crippen molar-refractivity contribution in [2.45, 2.75) is 62.3 Å². The largest absolute Gasteiger partial charge is 0.494 e. The molecule has 0 aromatic heterocycles. The third-order valence-electron chi connectivity index (χ3n) is 6.31. The van der Waals surface area contributed by atoms with Gasteiger partial charge in [0.25, 0.3) is 10.0 Å². The first-order chi connectivity index (χ1) is 18.1. The van der Waals surface area contributed by atoms with E-state index in [-0.39, 0.29) is 47.0 Å². The maximum Gasteiger partial charge on any atom is 0.428 e. The summed E-state index contributed by atoms with van der Waals surface area (Å²) in [5.74, 6) is -3.37. The van der Waals surface area contributed by atoms with E-state index in [1.165, 1.54) is 25.1 Å². The number of sulfonamides is 1. The highest BCUT2D eigenvalue weighted by molar-refractivity contribution is 7.92. The smallest absolute Gasteiger partial charge is 0.428 e. The second-order valence-corrected chi connectivity index (χ2v) is 10.9. The number of nitrogens with zero attached hydrogens (tertiary/aromatic N) is 1. The number of aliphatic carboxylic acids is 1. The molecule has 0 radical (unpaired) electrons. The van der Waals surface area contributed by atoms with Gasteiger partial charge < -0.3 is 19.3 Å². The molecule has 3 rings (SSSR count). The molecule has 214 valence electrons. The van der Waals surface area contributed by atoms with Crippen molar-refractivity contribution < 1.29 is 54.9 Å². The summed E-state index contributed by atoms with van der Waals surface area (Å²) in [4.78, 5) is 23.1. The Morgan fingerprint density at radius 3 is 2.46 bits per heavy atom. The van der Waals surface area contributed by atoms with Crippen LogP contribution in [0.2, 0.25) is 0 Å². The Bertz CT molecular complexity index is 1350. The highest BCUT2D eigenvalue weighted by Crippen LogP contribution is 2.40. The lowest BCUT2D eigenvalue weighted by Gasteiger charge is -2.36. The van der Waals surface area contributed by atoms with Crippen LogP contribution in [0.15, 0.2) is 41.3 Å². The summed E-state index contributed by atoms with van der Waals surface area (Å²) in [6.07, 6.45) is -7.11. The lowest BCUT2D eigenvalue weighted by molar-refractivity contribution is -0.264. The van der Waals surface area contributed by atoms with Gasteiger partial charge in [-0.1, -0.05) is 13.0 Å². The van der Waals surface area contributed by atoms with Crippen LogP contribution in [0.25, 0.3) is 0 Å². The molecule has 1 heterocycles. The zero-order valence-corrected chi connectivity index (χ0v) is 22.1. The number of carbonyl (C=O) groups excluding carboxylic acids is 1. The molecule has 39 heavy (non-hydrogen) atoms. The number of hydrogen-bond acceptors (Lipinski definition) is 7. The zero-order chi connectivity index (χ0) is 29.2. The van der Waals surface area contributed by atoms with Gasteiger partial charge in [-0.2, -0.15) is 13.2 Å². The fraction of sp³-hybridized carbons (Fsp3) is 0.440. The van der Waals surface area contributed by atoms with E-state index < -0.39 is 58.5 Å². The third-order valence-corrected chi connectivity index (χ3v) is 8.08. The first-order valence-corrected chi connectivity index (χ1v) is 13.2. The maximum absolute atomic E-state index is 13.9. The van der Waals surface area contributed by atoms with Crippen molar-refractivity contribution in [2.75, 3.05) is 18.0 Å². The molecule has 14 heteroatoms. The highest BCUT2D eigenvalue weighted by atomic mass is 32.2. The van der Waals surface area contributed by atoms with Crippen molar-refractivity contribution in [2.24, 2.45) is 0 Å². The van der Waals surface area contributed by atoms with Crippen LogP contribution in [0.5, 0.6) is 11.5 Å². The van der Waals surface area contributed by atoms with Crippen LogP contribution in [-0.4, -0.2) is 57.0 Å². The zero-order valence-electron chi connectivity index (χ0n) is 21.2. The number of esters is 1. The van der Waals surface area contributed by atoms with E-state index in [0.29, 0.717) is 0 Å². The minimum Gasteiger partial charge on any atom is -0.494 e. The Labute approximate surface area is 222 Å². The van der Waals surface area contributed by atoms with Crippen molar-refractivity contribution in [3.05, 3.63) is 47.8 Å². The van der Waals surface area contributed by atoms with E-state index in [1.54, 1.807) is 0 Å². The van der Waals surface area contributed by atoms with Gasteiger partial charge in [-0.3, -0.25) is 13.9 Å². The number of fused-ring (bicyclic) bond motifs is 1. The molecule has 1 N–H and O–H groups in total. The molecule has 0 aliphatic carbocycles. The number of benzene rings is 2. The fourth-order valence-electron chi connectivity index (χ4n) is 3.84. The molecule has 0 bridgehead atoms. The van der Waals surface area contributed by atoms with Crippen LogP contribution in [0.1, 0.15) is 38.7 Å². The van der Waals surface area contributed by atoms with Crippen molar-refractivity contribution in [3.63, 3.8) is 0 Å². The number of carboxylic acids is 1. The average molecular weight is 578 g/mol. The topological polar surface area (TPSA) is 119 Å². The molecular formula is C25H27F4NO8S. The van der Waals surface area contributed by atoms with Gasteiger partial charge in [0.2, 0.25) is 5.60 Å². The standard InChI is InChI=1S/C25H27F4NO8S/c1-4-24(2,25(27,28)29)38-23(33)12-15-5-9-20-19(11-15)30(14-16(37-20)6-10-22(31)32)39(34,35)17-7-8-18(26)21(13-17)36-3/h5,7-9,11,13,16H,4,6,10,12,14H2,1-3H3,(H,31,32)/t16-,24?/m0/s1. The predicted molar refractivity (Wildman–Crippen MR) is 130 cm³/mol. The number of carboxylic acid groups (broad SMARTS) is 1. The van der Waals surface area contributed by atoms with Crippen LogP contribution in [0.4, 0.5) is 23.2 Å². The first-order valence-electron chi connectivity index (χ1n) is 11.8. The van der Waals surface area contributed by atoms with Crippen LogP contribution < -0.4 is 13.8 Å². The van der Waals surface area contributed by atoms with Gasteiger partial charge in [0, 0.05) is 12.5 Å². The van der Waals surface area contributed by atoms with E-state index in [4.69, 9.17) is 19.3 Å². The Morgan fingerprint density at radius 2 is 1.87 bits per heavy atom. The van der Waals surface area contributed by atoms with E-state index in [0.717, 1.165) is 36.5 Å². The molecule has 1 aliphatic heterocycles. The molecule has 0 saturated carbocycles. The number of ether oxygens (including phenoxy) is 3. The van der Waals surface area contributed by atoms with Gasteiger partial charge in [-0.15, -0.1) is 0 Å². The van der Waals surface area contributed by atoms with Crippen LogP contribution in [0, 0.1) is 5.82 Å². The molecule has 2 atom stereocenters. The molecular weight excluding hydrogens is 550 g/mol. The molecule has 1 aliphatic rings. The number of hydrogen-bond donors (Lipinski definition) is 1. The number of anilines is 1. The van der Waals surface area contributed by atoms with E-state index in [2.05, 4.69) is 0 Å². The second kappa shape index (κ2) is 11.3. The maximum atomic E-state index is 13.9. The van der Waals surface area contributed by atoms with Gasteiger partial charge >= 0.3 is 18.1 Å². The van der Waals surface area contributed by atoms with E-state index in [1.807, 2.05) is 0 Å². The van der Waals surface area contributed by atoms with E-state index >= 15 is 0 Å². The monoisotopic (exact) mass is 577 g/mol. The lowest BCUT2D eigenvalue weighted by Crippen LogP contribution is -2.46. The Hall–Kier alpha value is -3.55. The third kappa shape index (κ3) is 6.54. The number of halogens is 4. The Balaban J connectivity index is 1.99.